The molecule has 2 rings (SSSR count). The van der Waals surface area contributed by atoms with Gasteiger partial charge in [-0.05, 0) is 24.6 Å². The van der Waals surface area contributed by atoms with E-state index in [0.29, 0.717) is 11.6 Å². The van der Waals surface area contributed by atoms with E-state index in [0.717, 1.165) is 24.2 Å². The molecular weight excluding hydrogens is 254 g/mol. The molecule has 1 unspecified atom stereocenters. The Morgan fingerprint density at radius 2 is 2.17 bits per heavy atom. The summed E-state index contributed by atoms with van der Waals surface area (Å²) in [5, 5.41) is 2.36. The lowest BCUT2D eigenvalue weighted by atomic mass is 10.0. The van der Waals surface area contributed by atoms with Crippen molar-refractivity contribution in [2.75, 3.05) is 6.54 Å². The Hall–Kier alpha value is -1.33. The molecule has 0 saturated heterocycles. The van der Waals surface area contributed by atoms with Gasteiger partial charge < -0.3 is 5.73 Å². The summed E-state index contributed by atoms with van der Waals surface area (Å²) in [4.78, 5) is 4.36. The molecule has 1 heterocycles. The van der Waals surface area contributed by atoms with Crippen LogP contribution in [-0.2, 0) is 0 Å². The number of halogens is 2. The summed E-state index contributed by atoms with van der Waals surface area (Å²) in [5.41, 5.74) is 6.71. The lowest BCUT2D eigenvalue weighted by Gasteiger charge is -2.07. The van der Waals surface area contributed by atoms with Gasteiger partial charge in [0.25, 0.3) is 0 Å². The summed E-state index contributed by atoms with van der Waals surface area (Å²) in [5.74, 6) is -0.751. The van der Waals surface area contributed by atoms with Crippen molar-refractivity contribution < 1.29 is 8.78 Å². The Balaban J connectivity index is 2.37. The fourth-order valence-electron chi connectivity index (χ4n) is 1.76. The maximum atomic E-state index is 13.6. The molecule has 1 atom stereocenters. The van der Waals surface area contributed by atoms with E-state index in [9.17, 15) is 8.78 Å². The number of hydrogen-bond donors (Lipinski definition) is 1. The first-order valence-corrected chi connectivity index (χ1v) is 6.64. The van der Waals surface area contributed by atoms with Crippen LogP contribution in [0.15, 0.2) is 23.6 Å². The Morgan fingerprint density at radius 3 is 2.83 bits per heavy atom. The van der Waals surface area contributed by atoms with E-state index in [1.807, 2.05) is 12.3 Å². The van der Waals surface area contributed by atoms with Crippen LogP contribution in [0.2, 0.25) is 0 Å². The van der Waals surface area contributed by atoms with E-state index in [2.05, 4.69) is 4.98 Å². The number of nitrogens with zero attached hydrogens (tertiary/aromatic N) is 1. The Morgan fingerprint density at radius 1 is 1.39 bits per heavy atom. The molecule has 0 amide bonds. The van der Waals surface area contributed by atoms with Crippen LogP contribution >= 0.6 is 11.3 Å². The van der Waals surface area contributed by atoms with Gasteiger partial charge in [-0.15, -0.1) is 11.3 Å². The van der Waals surface area contributed by atoms with E-state index in [1.165, 1.54) is 17.4 Å². The molecule has 0 fully saturated rings. The average molecular weight is 268 g/mol. The van der Waals surface area contributed by atoms with Gasteiger partial charge in [-0.2, -0.15) is 0 Å². The molecule has 2 N–H and O–H groups in total. The molecule has 0 aliphatic heterocycles. The van der Waals surface area contributed by atoms with Crippen molar-refractivity contribution in [1.29, 1.82) is 0 Å². The van der Waals surface area contributed by atoms with Gasteiger partial charge in [0.15, 0.2) is 0 Å². The summed E-state index contributed by atoms with van der Waals surface area (Å²) >= 11 is 1.31. The van der Waals surface area contributed by atoms with Crippen LogP contribution in [0, 0.1) is 11.6 Å². The van der Waals surface area contributed by atoms with Gasteiger partial charge in [0.2, 0.25) is 0 Å². The number of rotatable bonds is 4. The summed E-state index contributed by atoms with van der Waals surface area (Å²) < 4.78 is 26.7. The predicted octanol–water partition coefficient (Wildman–Crippen LogP) is 3.54. The number of hydrogen-bond acceptors (Lipinski definition) is 3. The van der Waals surface area contributed by atoms with Gasteiger partial charge in [-0.1, -0.05) is 6.92 Å². The second-order valence-electron chi connectivity index (χ2n) is 4.04. The third-order valence-electron chi connectivity index (χ3n) is 2.88. The highest BCUT2D eigenvalue weighted by Crippen LogP contribution is 2.30. The van der Waals surface area contributed by atoms with Gasteiger partial charge in [-0.25, -0.2) is 13.8 Å². The minimum atomic E-state index is -0.464. The molecule has 0 saturated carbocycles. The maximum Gasteiger partial charge on any atom is 0.133 e. The molecule has 0 aliphatic carbocycles. The van der Waals surface area contributed by atoms with E-state index in [-0.39, 0.29) is 11.5 Å². The van der Waals surface area contributed by atoms with E-state index < -0.39 is 11.6 Å². The number of nitrogens with two attached hydrogens (primary N) is 1. The van der Waals surface area contributed by atoms with E-state index in [1.54, 1.807) is 0 Å². The maximum absolute atomic E-state index is 13.6. The fourth-order valence-corrected chi connectivity index (χ4v) is 2.67. The van der Waals surface area contributed by atoms with Gasteiger partial charge >= 0.3 is 0 Å². The molecular formula is C13H14F2N2S. The Labute approximate surface area is 108 Å². The lowest BCUT2D eigenvalue weighted by molar-refractivity contribution is 0.602. The topological polar surface area (TPSA) is 38.9 Å². The quantitative estimate of drug-likeness (QED) is 0.921. The van der Waals surface area contributed by atoms with Crippen LogP contribution in [-0.4, -0.2) is 11.5 Å². The monoisotopic (exact) mass is 268 g/mol. The molecule has 2 nitrogen and oxygen atoms in total. The second-order valence-corrected chi connectivity index (χ2v) is 4.90. The van der Waals surface area contributed by atoms with Crippen LogP contribution in [0.1, 0.15) is 25.0 Å². The zero-order valence-corrected chi connectivity index (χ0v) is 10.8. The summed E-state index contributed by atoms with van der Waals surface area (Å²) in [6.07, 6.45) is 0.880. The molecule has 96 valence electrons. The van der Waals surface area contributed by atoms with Crippen molar-refractivity contribution >= 4 is 11.3 Å². The van der Waals surface area contributed by atoms with Gasteiger partial charge in [0, 0.05) is 23.4 Å². The molecule has 0 aliphatic rings. The highest BCUT2D eigenvalue weighted by molar-refractivity contribution is 7.13. The van der Waals surface area contributed by atoms with Crippen molar-refractivity contribution in [3.8, 4) is 10.6 Å². The van der Waals surface area contributed by atoms with Crippen LogP contribution in [0.4, 0.5) is 8.78 Å². The van der Waals surface area contributed by atoms with Gasteiger partial charge in [0.1, 0.15) is 16.6 Å². The molecule has 1 aromatic carbocycles. The van der Waals surface area contributed by atoms with Crippen LogP contribution in [0.3, 0.4) is 0 Å². The molecule has 18 heavy (non-hydrogen) atoms. The van der Waals surface area contributed by atoms with Gasteiger partial charge in [0.05, 0.1) is 5.69 Å². The van der Waals surface area contributed by atoms with Crippen LogP contribution in [0.25, 0.3) is 10.6 Å². The molecule has 0 radical (unpaired) electrons. The highest BCUT2D eigenvalue weighted by atomic mass is 32.1. The molecule has 0 bridgehead atoms. The lowest BCUT2D eigenvalue weighted by Crippen LogP contribution is -2.11. The predicted molar refractivity (Wildman–Crippen MR) is 69.6 cm³/mol. The average Bonchev–Trinajstić information content (AvgIpc) is 2.83. The third kappa shape index (κ3) is 2.57. The normalized spacial score (nSPS) is 12.7. The highest BCUT2D eigenvalue weighted by Gasteiger charge is 2.15. The largest absolute Gasteiger partial charge is 0.330 e. The van der Waals surface area contributed by atoms with Crippen LogP contribution < -0.4 is 5.73 Å². The zero-order valence-electron chi connectivity index (χ0n) is 9.99. The minimum Gasteiger partial charge on any atom is -0.330 e. The smallest absolute Gasteiger partial charge is 0.133 e. The van der Waals surface area contributed by atoms with Crippen molar-refractivity contribution in [1.82, 2.24) is 4.98 Å². The van der Waals surface area contributed by atoms with E-state index >= 15 is 0 Å². The fraction of sp³-hybridized carbons (Fsp3) is 0.308. The molecule has 5 heteroatoms. The van der Waals surface area contributed by atoms with Crippen molar-refractivity contribution in [3.05, 3.63) is 40.9 Å². The number of aromatic nitrogens is 1. The first-order valence-electron chi connectivity index (χ1n) is 5.76. The molecule has 0 spiro atoms. The van der Waals surface area contributed by atoms with E-state index in [4.69, 9.17) is 5.73 Å². The van der Waals surface area contributed by atoms with Gasteiger partial charge in [-0.3, -0.25) is 0 Å². The number of benzene rings is 1. The number of thiazole rings is 1. The first kappa shape index (κ1) is 13.1. The summed E-state index contributed by atoms with van der Waals surface area (Å²) in [6.45, 7) is 2.53. The van der Waals surface area contributed by atoms with Crippen molar-refractivity contribution in [2.45, 2.75) is 19.3 Å². The van der Waals surface area contributed by atoms with Crippen molar-refractivity contribution in [2.24, 2.45) is 5.73 Å². The second kappa shape index (κ2) is 5.54. The minimum absolute atomic E-state index is 0.173. The Bertz CT molecular complexity index is 536. The third-order valence-corrected chi connectivity index (χ3v) is 3.77. The van der Waals surface area contributed by atoms with Crippen molar-refractivity contribution in [3.63, 3.8) is 0 Å². The zero-order chi connectivity index (χ0) is 13.1. The standard InChI is InChI=1S/C13H14F2N2S/c1-2-8(6-16)12-7-18-13(17-12)10-5-9(14)3-4-11(10)15/h3-5,7-8H,2,6,16H2,1H3. The molecule has 2 aromatic rings. The molecule has 1 aromatic heterocycles. The Kier molecular flexibility index (Phi) is 4.04. The van der Waals surface area contributed by atoms with Crippen LogP contribution in [0.5, 0.6) is 0 Å². The first-order chi connectivity index (χ1) is 8.65. The summed E-state index contributed by atoms with van der Waals surface area (Å²) in [6, 6.07) is 3.38. The summed E-state index contributed by atoms with van der Waals surface area (Å²) in [7, 11) is 0. The SMILES string of the molecule is CCC(CN)c1csc(-c2cc(F)ccc2F)n1.